The molecule has 1 aliphatic carbocycles. The zero-order valence-corrected chi connectivity index (χ0v) is 10.6. The number of rotatable bonds is 2. The third-order valence-electron chi connectivity index (χ3n) is 2.69. The monoisotopic (exact) mass is 308 g/mol. The molecule has 2 nitrogen and oxygen atoms in total. The Kier molecular flexibility index (Phi) is 2.53. The minimum Gasteiger partial charge on any atom is -0.480 e. The van der Waals surface area contributed by atoms with Gasteiger partial charge in [-0.1, -0.05) is 51.3 Å². The van der Waals surface area contributed by atoms with E-state index in [0.717, 1.165) is 4.47 Å². The van der Waals surface area contributed by atoms with Gasteiger partial charge in [0.2, 0.25) is 0 Å². The van der Waals surface area contributed by atoms with Crippen LogP contribution in [0.2, 0.25) is 0 Å². The van der Waals surface area contributed by atoms with Gasteiger partial charge in [0.05, 0.1) is 0 Å². The summed E-state index contributed by atoms with van der Waals surface area (Å²) in [7, 11) is 0. The van der Waals surface area contributed by atoms with Gasteiger partial charge in [-0.05, 0) is 17.7 Å². The lowest BCUT2D eigenvalue weighted by Crippen LogP contribution is -2.25. The van der Waals surface area contributed by atoms with Crippen molar-refractivity contribution in [2.45, 2.75) is 16.2 Å². The highest BCUT2D eigenvalue weighted by Crippen LogP contribution is 2.64. The molecule has 0 heterocycles. The van der Waals surface area contributed by atoms with Crippen LogP contribution in [0.15, 0.2) is 28.7 Å². The summed E-state index contributed by atoms with van der Waals surface area (Å²) in [5, 5.41) is 9.18. The number of carbonyl (C=O) groups is 1. The Hall–Kier alpha value is -0.250. The van der Waals surface area contributed by atoms with Crippen molar-refractivity contribution in [3.63, 3.8) is 0 Å². The summed E-state index contributed by atoms with van der Waals surface area (Å²) >= 11 is 15.1. The molecule has 1 unspecified atom stereocenters. The highest BCUT2D eigenvalue weighted by atomic mass is 79.9. The topological polar surface area (TPSA) is 37.3 Å². The fourth-order valence-electron chi connectivity index (χ4n) is 1.69. The van der Waals surface area contributed by atoms with Crippen molar-refractivity contribution in [2.75, 3.05) is 0 Å². The van der Waals surface area contributed by atoms with Crippen molar-refractivity contribution in [3.8, 4) is 0 Å². The Labute approximate surface area is 105 Å². The molecule has 0 bridgehead atoms. The molecule has 0 aromatic heterocycles. The van der Waals surface area contributed by atoms with Crippen LogP contribution in [0.1, 0.15) is 12.0 Å². The Morgan fingerprint density at radius 3 is 2.13 bits per heavy atom. The maximum absolute atomic E-state index is 11.2. The van der Waals surface area contributed by atoms with Crippen LogP contribution in [0.5, 0.6) is 0 Å². The maximum Gasteiger partial charge on any atom is 0.317 e. The van der Waals surface area contributed by atoms with Gasteiger partial charge < -0.3 is 5.11 Å². The van der Waals surface area contributed by atoms with Crippen molar-refractivity contribution < 1.29 is 9.90 Å². The molecule has 15 heavy (non-hydrogen) atoms. The predicted molar refractivity (Wildman–Crippen MR) is 62.5 cm³/mol. The van der Waals surface area contributed by atoms with E-state index in [2.05, 4.69) is 15.9 Å². The van der Waals surface area contributed by atoms with Gasteiger partial charge in [0.25, 0.3) is 0 Å². The van der Waals surface area contributed by atoms with Crippen molar-refractivity contribution in [2.24, 2.45) is 0 Å². The van der Waals surface area contributed by atoms with E-state index in [0.29, 0.717) is 5.56 Å². The average Bonchev–Trinajstić information content (AvgIpc) is 2.72. The van der Waals surface area contributed by atoms with Gasteiger partial charge in [-0.3, -0.25) is 4.79 Å². The molecule has 0 spiro atoms. The Morgan fingerprint density at radius 1 is 1.33 bits per heavy atom. The van der Waals surface area contributed by atoms with Gasteiger partial charge in [0.1, 0.15) is 9.75 Å². The van der Waals surface area contributed by atoms with Crippen molar-refractivity contribution in [1.82, 2.24) is 0 Å². The van der Waals surface area contributed by atoms with Crippen molar-refractivity contribution in [3.05, 3.63) is 34.3 Å². The molecule has 1 atom stereocenters. The second kappa shape index (κ2) is 3.37. The molecule has 1 saturated carbocycles. The summed E-state index contributed by atoms with van der Waals surface area (Å²) in [5.74, 6) is -0.977. The highest BCUT2D eigenvalue weighted by molar-refractivity contribution is 9.10. The van der Waals surface area contributed by atoms with E-state index in [1.54, 1.807) is 24.3 Å². The number of benzene rings is 1. The summed E-state index contributed by atoms with van der Waals surface area (Å²) in [4.78, 5) is 11.2. The molecule has 5 heteroatoms. The lowest BCUT2D eigenvalue weighted by molar-refractivity contribution is -0.140. The molecule has 0 saturated heterocycles. The first-order chi connectivity index (χ1) is 6.90. The molecule has 1 fully saturated rings. The third kappa shape index (κ3) is 1.57. The third-order valence-corrected chi connectivity index (χ3v) is 4.13. The van der Waals surface area contributed by atoms with E-state index >= 15 is 0 Å². The molecular weight excluding hydrogens is 303 g/mol. The fraction of sp³-hybridized carbons (Fsp3) is 0.300. The minimum atomic E-state index is -1.19. The van der Waals surface area contributed by atoms with Gasteiger partial charge in [0, 0.05) is 10.9 Å². The minimum absolute atomic E-state index is 0.250. The molecule has 1 aliphatic rings. The van der Waals surface area contributed by atoms with Crippen molar-refractivity contribution >= 4 is 45.1 Å². The number of aliphatic carboxylic acids is 1. The van der Waals surface area contributed by atoms with E-state index in [-0.39, 0.29) is 6.42 Å². The van der Waals surface area contributed by atoms with E-state index in [9.17, 15) is 9.90 Å². The Bertz CT molecular complexity index is 416. The number of hydrogen-bond acceptors (Lipinski definition) is 1. The van der Waals surface area contributed by atoms with Gasteiger partial charge in [-0.25, -0.2) is 0 Å². The lowest BCUT2D eigenvalue weighted by atomic mass is 9.96. The first-order valence-electron chi connectivity index (χ1n) is 4.27. The molecule has 1 aromatic rings. The quantitative estimate of drug-likeness (QED) is 0.851. The summed E-state index contributed by atoms with van der Waals surface area (Å²) in [5.41, 5.74) is -0.500. The van der Waals surface area contributed by atoms with Crippen LogP contribution in [0.25, 0.3) is 0 Å². The SMILES string of the molecule is O=C(O)C1(c2ccc(Br)cc2)CC1(Cl)Cl. The molecular formula is C10H7BrCl2O2. The summed E-state index contributed by atoms with van der Waals surface area (Å²) in [6.07, 6.45) is 0.250. The molecule has 0 aliphatic heterocycles. The average molecular weight is 310 g/mol. The van der Waals surface area contributed by atoms with Gasteiger partial charge >= 0.3 is 5.97 Å². The summed E-state index contributed by atoms with van der Waals surface area (Å²) in [6, 6.07) is 7.01. The summed E-state index contributed by atoms with van der Waals surface area (Å²) < 4.78 is -0.297. The molecule has 1 aromatic carbocycles. The second-order valence-electron chi connectivity index (χ2n) is 3.60. The van der Waals surface area contributed by atoms with E-state index in [4.69, 9.17) is 23.2 Å². The van der Waals surface area contributed by atoms with Gasteiger partial charge in [-0.2, -0.15) is 0 Å². The maximum atomic E-state index is 11.2. The van der Waals surface area contributed by atoms with Crippen molar-refractivity contribution in [1.29, 1.82) is 0 Å². The first kappa shape index (κ1) is 11.2. The normalized spacial score (nSPS) is 27.4. The van der Waals surface area contributed by atoms with Crippen LogP contribution in [0, 0.1) is 0 Å². The molecule has 0 amide bonds. The Morgan fingerprint density at radius 2 is 1.80 bits per heavy atom. The standard InChI is InChI=1S/C10H7BrCl2O2/c11-7-3-1-6(2-4-7)9(8(14)15)5-10(9,12)13/h1-4H,5H2,(H,14,15). The summed E-state index contributed by atoms with van der Waals surface area (Å²) in [6.45, 7) is 0. The number of hydrogen-bond donors (Lipinski definition) is 1. The first-order valence-corrected chi connectivity index (χ1v) is 5.82. The number of carboxylic acids is 1. The Balaban J connectivity index is 2.45. The fourth-order valence-corrected chi connectivity index (χ4v) is 2.74. The molecule has 80 valence electrons. The van der Waals surface area contributed by atoms with Gasteiger partial charge in [0.15, 0.2) is 0 Å². The zero-order chi connectivity index (χ0) is 11.3. The zero-order valence-electron chi connectivity index (χ0n) is 7.51. The molecule has 2 rings (SSSR count). The number of halogens is 3. The van der Waals surface area contributed by atoms with E-state index in [1.807, 2.05) is 0 Å². The van der Waals surface area contributed by atoms with Crippen LogP contribution in [0.3, 0.4) is 0 Å². The molecule has 0 radical (unpaired) electrons. The highest BCUT2D eigenvalue weighted by Gasteiger charge is 2.72. The van der Waals surface area contributed by atoms with E-state index < -0.39 is 15.7 Å². The largest absolute Gasteiger partial charge is 0.480 e. The number of carboxylic acid groups (broad SMARTS) is 1. The lowest BCUT2D eigenvalue weighted by Gasteiger charge is -2.13. The van der Waals surface area contributed by atoms with Crippen LogP contribution >= 0.6 is 39.1 Å². The van der Waals surface area contributed by atoms with Crippen LogP contribution in [-0.2, 0) is 10.2 Å². The van der Waals surface area contributed by atoms with Gasteiger partial charge in [-0.15, -0.1) is 0 Å². The number of alkyl halides is 2. The predicted octanol–water partition coefficient (Wildman–Crippen LogP) is 3.35. The smallest absolute Gasteiger partial charge is 0.317 e. The second-order valence-corrected chi connectivity index (χ2v) is 6.00. The molecule has 1 N–H and O–H groups in total. The van der Waals surface area contributed by atoms with Crippen LogP contribution in [0.4, 0.5) is 0 Å². The van der Waals surface area contributed by atoms with Crippen LogP contribution < -0.4 is 0 Å². The van der Waals surface area contributed by atoms with Crippen LogP contribution in [-0.4, -0.2) is 15.4 Å². The van der Waals surface area contributed by atoms with E-state index in [1.165, 1.54) is 0 Å².